The lowest BCUT2D eigenvalue weighted by atomic mass is 10.1. The number of nitrogens with two attached hydrogens (primary N) is 1. The molecule has 0 spiro atoms. The van der Waals surface area contributed by atoms with Crippen molar-refractivity contribution in [2.75, 3.05) is 0 Å². The molecular formula is C8H16N4. The molecule has 1 heterocycles. The van der Waals surface area contributed by atoms with E-state index in [-0.39, 0.29) is 0 Å². The first-order chi connectivity index (χ1) is 5.46. The second kappa shape index (κ2) is 2.86. The van der Waals surface area contributed by atoms with Gasteiger partial charge in [0.05, 0.1) is 5.54 Å². The molecule has 12 heavy (non-hydrogen) atoms. The minimum absolute atomic E-state index is 0.405. The maximum absolute atomic E-state index is 5.92. The minimum atomic E-state index is -0.405. The zero-order chi connectivity index (χ0) is 9.35. The van der Waals surface area contributed by atoms with Gasteiger partial charge in [-0.25, -0.2) is 0 Å². The van der Waals surface area contributed by atoms with E-state index in [9.17, 15) is 0 Å². The predicted molar refractivity (Wildman–Crippen MR) is 47.6 cm³/mol. The van der Waals surface area contributed by atoms with Gasteiger partial charge in [0.2, 0.25) is 0 Å². The van der Waals surface area contributed by atoms with Gasteiger partial charge in [-0.3, -0.25) is 0 Å². The second-order valence-corrected chi connectivity index (χ2v) is 3.54. The van der Waals surface area contributed by atoms with Crippen LogP contribution in [0.15, 0.2) is 0 Å². The van der Waals surface area contributed by atoms with Gasteiger partial charge in [0.25, 0.3) is 0 Å². The van der Waals surface area contributed by atoms with Crippen molar-refractivity contribution in [1.82, 2.24) is 14.8 Å². The Morgan fingerprint density at radius 2 is 2.00 bits per heavy atom. The van der Waals surface area contributed by atoms with Gasteiger partial charge in [-0.1, -0.05) is 0 Å². The Kier molecular flexibility index (Phi) is 2.19. The van der Waals surface area contributed by atoms with Crippen molar-refractivity contribution in [2.24, 2.45) is 5.73 Å². The number of aromatic nitrogens is 3. The molecule has 0 bridgehead atoms. The fourth-order valence-electron chi connectivity index (χ4n) is 1.24. The van der Waals surface area contributed by atoms with E-state index in [2.05, 4.69) is 17.1 Å². The van der Waals surface area contributed by atoms with Gasteiger partial charge in [-0.05, 0) is 27.7 Å². The van der Waals surface area contributed by atoms with Gasteiger partial charge in [0, 0.05) is 6.54 Å². The quantitative estimate of drug-likeness (QED) is 0.710. The molecule has 1 aromatic rings. The molecule has 0 aliphatic carbocycles. The Labute approximate surface area is 72.8 Å². The lowest BCUT2D eigenvalue weighted by Crippen LogP contribution is -2.32. The fourth-order valence-corrected chi connectivity index (χ4v) is 1.24. The molecule has 4 nitrogen and oxygen atoms in total. The van der Waals surface area contributed by atoms with Crippen LogP contribution in [0.2, 0.25) is 0 Å². The summed E-state index contributed by atoms with van der Waals surface area (Å²) in [5.41, 5.74) is 5.52. The zero-order valence-electron chi connectivity index (χ0n) is 8.13. The molecule has 4 heteroatoms. The van der Waals surface area contributed by atoms with E-state index in [1.807, 2.05) is 25.3 Å². The highest BCUT2D eigenvalue weighted by molar-refractivity contribution is 5.04. The molecule has 0 unspecified atom stereocenters. The third kappa shape index (κ3) is 1.48. The predicted octanol–water partition coefficient (Wildman–Crippen LogP) is 0.800. The summed E-state index contributed by atoms with van der Waals surface area (Å²) in [6.07, 6.45) is 0. The van der Waals surface area contributed by atoms with Gasteiger partial charge in [-0.2, -0.15) is 0 Å². The SMILES string of the molecule is CCn1c(C)nnc1C(C)(C)N. The van der Waals surface area contributed by atoms with Crippen LogP contribution >= 0.6 is 0 Å². The fraction of sp³-hybridized carbons (Fsp3) is 0.750. The molecule has 0 atom stereocenters. The second-order valence-electron chi connectivity index (χ2n) is 3.54. The highest BCUT2D eigenvalue weighted by Gasteiger charge is 2.21. The Morgan fingerprint density at radius 1 is 1.42 bits per heavy atom. The maximum atomic E-state index is 5.92. The van der Waals surface area contributed by atoms with Crippen molar-refractivity contribution in [3.8, 4) is 0 Å². The molecule has 0 amide bonds. The van der Waals surface area contributed by atoms with Crippen LogP contribution in [0.25, 0.3) is 0 Å². The van der Waals surface area contributed by atoms with Crippen LogP contribution in [-0.2, 0) is 12.1 Å². The topological polar surface area (TPSA) is 56.7 Å². The molecule has 1 aromatic heterocycles. The standard InChI is InChI=1S/C8H16N4/c1-5-12-6(2)10-11-7(12)8(3,4)9/h5,9H2,1-4H3. The Bertz CT molecular complexity index is 269. The average Bonchev–Trinajstić information content (AvgIpc) is 2.29. The molecule has 0 saturated heterocycles. The van der Waals surface area contributed by atoms with Crippen LogP contribution in [0, 0.1) is 6.92 Å². The lowest BCUT2D eigenvalue weighted by Gasteiger charge is -2.18. The van der Waals surface area contributed by atoms with E-state index >= 15 is 0 Å². The molecule has 0 saturated carbocycles. The lowest BCUT2D eigenvalue weighted by molar-refractivity contribution is 0.477. The molecule has 0 aromatic carbocycles. The van der Waals surface area contributed by atoms with Gasteiger partial charge in [-0.15, -0.1) is 10.2 Å². The highest BCUT2D eigenvalue weighted by Crippen LogP contribution is 2.14. The van der Waals surface area contributed by atoms with Gasteiger partial charge >= 0.3 is 0 Å². The van der Waals surface area contributed by atoms with Gasteiger partial charge < -0.3 is 10.3 Å². The summed E-state index contributed by atoms with van der Waals surface area (Å²) in [6.45, 7) is 8.73. The van der Waals surface area contributed by atoms with E-state index in [1.54, 1.807) is 0 Å². The molecule has 68 valence electrons. The third-order valence-electron chi connectivity index (χ3n) is 1.83. The first-order valence-electron chi connectivity index (χ1n) is 4.16. The number of aryl methyl sites for hydroxylation is 1. The largest absolute Gasteiger partial charge is 0.319 e. The summed E-state index contributed by atoms with van der Waals surface area (Å²) >= 11 is 0. The van der Waals surface area contributed by atoms with Crippen LogP contribution in [0.3, 0.4) is 0 Å². The first-order valence-corrected chi connectivity index (χ1v) is 4.16. The van der Waals surface area contributed by atoms with Crippen molar-refractivity contribution in [3.63, 3.8) is 0 Å². The van der Waals surface area contributed by atoms with Crippen LogP contribution in [0.5, 0.6) is 0 Å². The zero-order valence-corrected chi connectivity index (χ0v) is 8.13. The Hall–Kier alpha value is -0.900. The molecular weight excluding hydrogens is 152 g/mol. The van der Waals surface area contributed by atoms with Crippen LogP contribution in [-0.4, -0.2) is 14.8 Å². The number of hydrogen-bond acceptors (Lipinski definition) is 3. The van der Waals surface area contributed by atoms with E-state index < -0.39 is 5.54 Å². The summed E-state index contributed by atoms with van der Waals surface area (Å²) in [5.74, 6) is 1.77. The molecule has 0 aliphatic rings. The molecule has 0 fully saturated rings. The summed E-state index contributed by atoms with van der Waals surface area (Å²) < 4.78 is 2.03. The van der Waals surface area contributed by atoms with Gasteiger partial charge in [0.1, 0.15) is 5.82 Å². The molecule has 0 radical (unpaired) electrons. The summed E-state index contributed by atoms with van der Waals surface area (Å²) in [5, 5.41) is 8.03. The van der Waals surface area contributed by atoms with E-state index in [4.69, 9.17) is 5.73 Å². The Morgan fingerprint density at radius 3 is 2.33 bits per heavy atom. The van der Waals surface area contributed by atoms with E-state index in [1.165, 1.54) is 0 Å². The van der Waals surface area contributed by atoms with Crippen molar-refractivity contribution < 1.29 is 0 Å². The maximum Gasteiger partial charge on any atom is 0.152 e. The number of nitrogens with zero attached hydrogens (tertiary/aromatic N) is 3. The van der Waals surface area contributed by atoms with Crippen molar-refractivity contribution in [2.45, 2.75) is 39.8 Å². The van der Waals surface area contributed by atoms with Gasteiger partial charge in [0.15, 0.2) is 5.82 Å². The minimum Gasteiger partial charge on any atom is -0.319 e. The summed E-state index contributed by atoms with van der Waals surface area (Å²) in [4.78, 5) is 0. The van der Waals surface area contributed by atoms with E-state index in [0.717, 1.165) is 18.2 Å². The van der Waals surface area contributed by atoms with Crippen LogP contribution in [0.1, 0.15) is 32.4 Å². The first kappa shape index (κ1) is 9.19. The molecule has 2 N–H and O–H groups in total. The smallest absolute Gasteiger partial charge is 0.152 e. The van der Waals surface area contributed by atoms with E-state index in [0.29, 0.717) is 0 Å². The number of hydrogen-bond donors (Lipinski definition) is 1. The van der Waals surface area contributed by atoms with Crippen molar-refractivity contribution in [1.29, 1.82) is 0 Å². The normalized spacial score (nSPS) is 12.1. The third-order valence-corrected chi connectivity index (χ3v) is 1.83. The Balaban J connectivity index is 3.16. The van der Waals surface area contributed by atoms with Crippen LogP contribution < -0.4 is 5.73 Å². The molecule has 1 rings (SSSR count). The van der Waals surface area contributed by atoms with Crippen LogP contribution in [0.4, 0.5) is 0 Å². The molecule has 0 aliphatic heterocycles. The number of rotatable bonds is 2. The van der Waals surface area contributed by atoms with Crippen molar-refractivity contribution in [3.05, 3.63) is 11.6 Å². The summed E-state index contributed by atoms with van der Waals surface area (Å²) in [6, 6.07) is 0. The van der Waals surface area contributed by atoms with Crippen molar-refractivity contribution >= 4 is 0 Å². The average molecular weight is 168 g/mol. The highest BCUT2D eigenvalue weighted by atomic mass is 15.3. The monoisotopic (exact) mass is 168 g/mol. The summed E-state index contributed by atoms with van der Waals surface area (Å²) in [7, 11) is 0.